The Bertz CT molecular complexity index is 448. The molecule has 0 aliphatic heterocycles. The van der Waals surface area contributed by atoms with Gasteiger partial charge in [0.2, 0.25) is 0 Å². The molecule has 0 aliphatic carbocycles. The average Bonchev–Trinajstić information content (AvgIpc) is 2.28. The van der Waals surface area contributed by atoms with Crippen LogP contribution in [0.5, 0.6) is 0 Å². The predicted molar refractivity (Wildman–Crippen MR) is 65.5 cm³/mol. The zero-order valence-corrected chi connectivity index (χ0v) is 9.64. The Kier molecular flexibility index (Phi) is 4.17. The van der Waals surface area contributed by atoms with Gasteiger partial charge in [-0.15, -0.1) is 0 Å². The molecule has 1 rings (SSSR count). The molecule has 3 N–H and O–H groups in total. The molecule has 0 saturated heterocycles. The van der Waals surface area contributed by atoms with E-state index >= 15 is 0 Å². The number of ketones is 1. The zero-order chi connectivity index (χ0) is 13.0. The van der Waals surface area contributed by atoms with E-state index in [1.165, 1.54) is 6.92 Å². The first-order valence-corrected chi connectivity index (χ1v) is 5.19. The average molecular weight is 233 g/mol. The van der Waals surface area contributed by atoms with Crippen LogP contribution in [-0.2, 0) is 16.0 Å². The van der Waals surface area contributed by atoms with Gasteiger partial charge in [-0.2, -0.15) is 0 Å². The molecule has 90 valence electrons. The van der Waals surface area contributed by atoms with Crippen LogP contribution in [0.25, 0.3) is 5.57 Å². The lowest BCUT2D eigenvalue weighted by Gasteiger charge is -2.07. The minimum Gasteiger partial charge on any atom is -0.480 e. The molecule has 0 heterocycles. The van der Waals surface area contributed by atoms with Gasteiger partial charge in [-0.1, -0.05) is 30.8 Å². The third-order valence-corrected chi connectivity index (χ3v) is 2.50. The Morgan fingerprint density at radius 2 is 1.88 bits per heavy atom. The molecular weight excluding hydrogens is 218 g/mol. The highest BCUT2D eigenvalue weighted by molar-refractivity contribution is 6.18. The first-order chi connectivity index (χ1) is 7.91. The first-order valence-electron chi connectivity index (χ1n) is 5.19. The van der Waals surface area contributed by atoms with Crippen LogP contribution >= 0.6 is 0 Å². The summed E-state index contributed by atoms with van der Waals surface area (Å²) in [4.78, 5) is 21.7. The number of Topliss-reactive ketones (excluding diaryl/α,β-unsaturated/α-hetero) is 1. The van der Waals surface area contributed by atoms with Crippen molar-refractivity contribution in [2.45, 2.75) is 19.4 Å². The molecule has 0 spiro atoms. The van der Waals surface area contributed by atoms with Gasteiger partial charge in [0.05, 0.1) is 0 Å². The quantitative estimate of drug-likeness (QED) is 0.750. The van der Waals surface area contributed by atoms with Crippen LogP contribution in [0.1, 0.15) is 18.1 Å². The number of nitrogens with two attached hydrogens (primary N) is 1. The van der Waals surface area contributed by atoms with Crippen molar-refractivity contribution >= 4 is 17.3 Å². The third kappa shape index (κ3) is 3.53. The van der Waals surface area contributed by atoms with Crippen LogP contribution in [0, 0.1) is 0 Å². The standard InChI is InChI=1S/C13H15NO3/c1-8(9(2)15)11-5-3-10(4-6-11)7-12(14)13(16)17/h3-6,12H,1,7,14H2,2H3,(H,16,17)/t12-/m0/s1. The van der Waals surface area contributed by atoms with Crippen molar-refractivity contribution in [3.05, 3.63) is 42.0 Å². The highest BCUT2D eigenvalue weighted by Gasteiger charge is 2.12. The van der Waals surface area contributed by atoms with Crippen LogP contribution in [-0.4, -0.2) is 22.9 Å². The van der Waals surface area contributed by atoms with Gasteiger partial charge in [0, 0.05) is 5.57 Å². The second kappa shape index (κ2) is 5.41. The fourth-order valence-corrected chi connectivity index (χ4v) is 1.39. The van der Waals surface area contributed by atoms with E-state index in [0.717, 1.165) is 11.1 Å². The number of carboxylic acid groups (broad SMARTS) is 1. The molecule has 0 aliphatic rings. The minimum atomic E-state index is -1.03. The van der Waals surface area contributed by atoms with Gasteiger partial charge in [-0.25, -0.2) is 0 Å². The SMILES string of the molecule is C=C(C(C)=O)c1ccc(C[C@H](N)C(=O)O)cc1. The maximum Gasteiger partial charge on any atom is 0.320 e. The maximum atomic E-state index is 11.1. The van der Waals surface area contributed by atoms with Crippen molar-refractivity contribution < 1.29 is 14.7 Å². The van der Waals surface area contributed by atoms with Gasteiger partial charge in [-0.3, -0.25) is 9.59 Å². The van der Waals surface area contributed by atoms with E-state index in [0.29, 0.717) is 5.57 Å². The van der Waals surface area contributed by atoms with Gasteiger partial charge in [0.1, 0.15) is 6.04 Å². The number of carboxylic acids is 1. The van der Waals surface area contributed by atoms with Crippen molar-refractivity contribution in [1.29, 1.82) is 0 Å². The van der Waals surface area contributed by atoms with Crippen molar-refractivity contribution in [2.24, 2.45) is 5.73 Å². The number of aliphatic carboxylic acids is 1. The first kappa shape index (κ1) is 13.1. The molecule has 0 fully saturated rings. The lowest BCUT2D eigenvalue weighted by Crippen LogP contribution is -2.32. The van der Waals surface area contributed by atoms with Crippen molar-refractivity contribution in [3.8, 4) is 0 Å². The van der Waals surface area contributed by atoms with Gasteiger partial charge in [0.15, 0.2) is 5.78 Å². The summed E-state index contributed by atoms with van der Waals surface area (Å²) in [5.74, 6) is -1.11. The van der Waals surface area contributed by atoms with Gasteiger partial charge >= 0.3 is 5.97 Å². The molecule has 1 aromatic carbocycles. The fourth-order valence-electron chi connectivity index (χ4n) is 1.39. The van der Waals surface area contributed by atoms with Crippen molar-refractivity contribution in [3.63, 3.8) is 0 Å². The number of allylic oxidation sites excluding steroid dienone is 1. The maximum absolute atomic E-state index is 11.1. The van der Waals surface area contributed by atoms with Crippen LogP contribution in [0.15, 0.2) is 30.8 Å². The lowest BCUT2D eigenvalue weighted by molar-refractivity contribution is -0.138. The highest BCUT2D eigenvalue weighted by Crippen LogP contribution is 2.14. The summed E-state index contributed by atoms with van der Waals surface area (Å²) >= 11 is 0. The molecule has 4 nitrogen and oxygen atoms in total. The van der Waals surface area contributed by atoms with E-state index in [1.807, 2.05) is 0 Å². The normalized spacial score (nSPS) is 11.9. The summed E-state index contributed by atoms with van der Waals surface area (Å²) in [7, 11) is 0. The van der Waals surface area contributed by atoms with Crippen LogP contribution < -0.4 is 5.73 Å². The number of hydrogen-bond acceptors (Lipinski definition) is 3. The van der Waals surface area contributed by atoms with Gasteiger partial charge in [0.25, 0.3) is 0 Å². The summed E-state index contributed by atoms with van der Waals surface area (Å²) in [6.07, 6.45) is 0.266. The van der Waals surface area contributed by atoms with E-state index in [-0.39, 0.29) is 12.2 Å². The number of rotatable bonds is 5. The number of carbonyl (C=O) groups excluding carboxylic acids is 1. The van der Waals surface area contributed by atoms with Crippen LogP contribution in [0.3, 0.4) is 0 Å². The third-order valence-electron chi connectivity index (χ3n) is 2.50. The van der Waals surface area contributed by atoms with Gasteiger partial charge < -0.3 is 10.8 Å². The molecule has 0 aromatic heterocycles. The molecule has 0 saturated carbocycles. The minimum absolute atomic E-state index is 0.0833. The summed E-state index contributed by atoms with van der Waals surface area (Å²) in [6, 6.07) is 6.09. The molecule has 4 heteroatoms. The largest absolute Gasteiger partial charge is 0.480 e. The molecule has 17 heavy (non-hydrogen) atoms. The molecular formula is C13H15NO3. The fraction of sp³-hybridized carbons (Fsp3) is 0.231. The van der Waals surface area contributed by atoms with E-state index in [9.17, 15) is 9.59 Å². The summed E-state index contributed by atoms with van der Waals surface area (Å²) in [5.41, 5.74) is 7.43. The molecule has 0 bridgehead atoms. The predicted octanol–water partition coefficient (Wildman–Crippen LogP) is 1.24. The smallest absolute Gasteiger partial charge is 0.320 e. The van der Waals surface area contributed by atoms with E-state index in [4.69, 9.17) is 10.8 Å². The van der Waals surface area contributed by atoms with Crippen molar-refractivity contribution in [1.82, 2.24) is 0 Å². The molecule has 1 atom stereocenters. The van der Waals surface area contributed by atoms with Gasteiger partial charge in [-0.05, 0) is 24.5 Å². The summed E-state index contributed by atoms with van der Waals surface area (Å²) in [5, 5.41) is 8.68. The van der Waals surface area contributed by atoms with Crippen molar-refractivity contribution in [2.75, 3.05) is 0 Å². The Morgan fingerprint density at radius 3 is 2.29 bits per heavy atom. The second-order valence-electron chi connectivity index (χ2n) is 3.88. The second-order valence-corrected chi connectivity index (χ2v) is 3.88. The summed E-state index contributed by atoms with van der Waals surface area (Å²) in [6.45, 7) is 5.13. The Morgan fingerprint density at radius 1 is 1.35 bits per heavy atom. The molecule has 1 aromatic rings. The van der Waals surface area contributed by atoms with E-state index < -0.39 is 12.0 Å². The Balaban J connectivity index is 2.78. The Labute approximate surface area is 99.8 Å². The molecule has 0 radical (unpaired) electrons. The van der Waals surface area contributed by atoms with Crippen LogP contribution in [0.4, 0.5) is 0 Å². The Hall–Kier alpha value is -1.94. The van der Waals surface area contributed by atoms with E-state index in [1.54, 1.807) is 24.3 Å². The lowest BCUT2D eigenvalue weighted by atomic mass is 10.00. The molecule has 0 amide bonds. The number of hydrogen-bond donors (Lipinski definition) is 2. The topological polar surface area (TPSA) is 80.4 Å². The number of carbonyl (C=O) groups is 2. The zero-order valence-electron chi connectivity index (χ0n) is 9.64. The monoisotopic (exact) mass is 233 g/mol. The molecule has 0 unspecified atom stereocenters. The number of benzene rings is 1. The highest BCUT2D eigenvalue weighted by atomic mass is 16.4. The van der Waals surface area contributed by atoms with E-state index in [2.05, 4.69) is 6.58 Å². The summed E-state index contributed by atoms with van der Waals surface area (Å²) < 4.78 is 0. The van der Waals surface area contributed by atoms with Crippen LogP contribution in [0.2, 0.25) is 0 Å².